The summed E-state index contributed by atoms with van der Waals surface area (Å²) in [6.45, 7) is 2.37. The van der Waals surface area contributed by atoms with Crippen molar-refractivity contribution in [1.29, 1.82) is 0 Å². The van der Waals surface area contributed by atoms with E-state index in [4.69, 9.17) is 10.5 Å². The highest BCUT2D eigenvalue weighted by atomic mass is 16.5. The van der Waals surface area contributed by atoms with Crippen LogP contribution in [0.1, 0.15) is 12.0 Å². The van der Waals surface area contributed by atoms with E-state index in [9.17, 15) is 0 Å². The van der Waals surface area contributed by atoms with Crippen molar-refractivity contribution in [3.05, 3.63) is 24.0 Å². The smallest absolute Gasteiger partial charge is 0.0586 e. The van der Waals surface area contributed by atoms with E-state index in [1.165, 1.54) is 5.56 Å². The lowest BCUT2D eigenvalue weighted by Crippen LogP contribution is -2.47. The van der Waals surface area contributed by atoms with Gasteiger partial charge in [0.05, 0.1) is 13.2 Å². The molecule has 0 unspecified atom stereocenters. The second-order valence-corrected chi connectivity index (χ2v) is 3.41. The van der Waals surface area contributed by atoms with Crippen LogP contribution in [-0.2, 0) is 10.2 Å². The predicted molar refractivity (Wildman–Crippen MR) is 47.0 cm³/mol. The molecule has 0 bridgehead atoms. The Morgan fingerprint density at radius 1 is 1.58 bits per heavy atom. The Hall–Kier alpha value is -0.800. The third-order valence-corrected chi connectivity index (χ3v) is 2.59. The van der Waals surface area contributed by atoms with Gasteiger partial charge in [0.1, 0.15) is 0 Å². The first-order chi connectivity index (χ1) is 5.87. The minimum absolute atomic E-state index is 0.217. The molecule has 1 aliphatic heterocycles. The van der Waals surface area contributed by atoms with E-state index in [0.717, 1.165) is 26.2 Å². The van der Waals surface area contributed by atoms with Crippen molar-refractivity contribution in [1.82, 2.24) is 4.98 Å². The molecule has 3 N–H and O–H groups in total. The lowest BCUT2D eigenvalue weighted by molar-refractivity contribution is -0.0630. The van der Waals surface area contributed by atoms with Crippen molar-refractivity contribution in [2.24, 2.45) is 5.73 Å². The van der Waals surface area contributed by atoms with Gasteiger partial charge in [-0.25, -0.2) is 0 Å². The van der Waals surface area contributed by atoms with E-state index in [0.29, 0.717) is 0 Å². The molecule has 0 aromatic carbocycles. The van der Waals surface area contributed by atoms with Crippen LogP contribution in [0.4, 0.5) is 0 Å². The van der Waals surface area contributed by atoms with Crippen LogP contribution in [-0.4, -0.2) is 24.7 Å². The summed E-state index contributed by atoms with van der Waals surface area (Å²) in [6.07, 6.45) is 5.01. The number of ether oxygens (including phenoxy) is 1. The molecule has 0 spiro atoms. The van der Waals surface area contributed by atoms with Gasteiger partial charge in [0.15, 0.2) is 0 Å². The minimum Gasteiger partial charge on any atom is -0.379 e. The second-order valence-electron chi connectivity index (χ2n) is 3.41. The largest absolute Gasteiger partial charge is 0.379 e. The minimum atomic E-state index is 0.217. The maximum Gasteiger partial charge on any atom is 0.0586 e. The fraction of sp³-hybridized carbons (Fsp3) is 0.556. The van der Waals surface area contributed by atoms with Crippen LogP contribution in [0, 0.1) is 0 Å². The van der Waals surface area contributed by atoms with Gasteiger partial charge in [0.2, 0.25) is 0 Å². The average molecular weight is 166 g/mol. The summed E-state index contributed by atoms with van der Waals surface area (Å²) in [5.41, 5.74) is 7.11. The van der Waals surface area contributed by atoms with Crippen molar-refractivity contribution in [3.8, 4) is 0 Å². The summed E-state index contributed by atoms with van der Waals surface area (Å²) in [5, 5.41) is 0. The number of aromatic nitrogens is 1. The maximum atomic E-state index is 5.56. The van der Waals surface area contributed by atoms with Crippen molar-refractivity contribution < 1.29 is 4.74 Å². The third kappa shape index (κ3) is 1.06. The molecular weight excluding hydrogens is 152 g/mol. The van der Waals surface area contributed by atoms with Crippen LogP contribution in [0.3, 0.4) is 0 Å². The van der Waals surface area contributed by atoms with Crippen LogP contribution in [0.15, 0.2) is 18.5 Å². The first-order valence-electron chi connectivity index (χ1n) is 4.28. The van der Waals surface area contributed by atoms with E-state index in [2.05, 4.69) is 11.1 Å². The Labute approximate surface area is 71.9 Å². The topological polar surface area (TPSA) is 51.0 Å². The Morgan fingerprint density at radius 2 is 2.42 bits per heavy atom. The summed E-state index contributed by atoms with van der Waals surface area (Å²) in [6, 6.07) is 2.11. The number of H-pyrrole nitrogens is 1. The van der Waals surface area contributed by atoms with Gasteiger partial charge in [-0.05, 0) is 24.6 Å². The highest BCUT2D eigenvalue weighted by molar-refractivity contribution is 5.25. The molecule has 2 heterocycles. The molecule has 3 nitrogen and oxygen atoms in total. The molecule has 0 amide bonds. The zero-order chi connectivity index (χ0) is 8.44. The molecule has 0 radical (unpaired) electrons. The third-order valence-electron chi connectivity index (χ3n) is 2.59. The molecule has 1 saturated heterocycles. The number of rotatable bonds is 3. The van der Waals surface area contributed by atoms with Crippen molar-refractivity contribution in [2.45, 2.75) is 11.8 Å². The van der Waals surface area contributed by atoms with Crippen LogP contribution in [0.25, 0.3) is 0 Å². The van der Waals surface area contributed by atoms with Gasteiger partial charge >= 0.3 is 0 Å². The first kappa shape index (κ1) is 7.83. The second kappa shape index (κ2) is 2.92. The molecule has 66 valence electrons. The Kier molecular flexibility index (Phi) is 1.90. The summed E-state index contributed by atoms with van der Waals surface area (Å²) in [4.78, 5) is 3.07. The molecular formula is C9H14N2O. The van der Waals surface area contributed by atoms with Gasteiger partial charge in [0, 0.05) is 17.8 Å². The van der Waals surface area contributed by atoms with Gasteiger partial charge < -0.3 is 15.5 Å². The molecule has 1 aliphatic rings. The Balaban J connectivity index is 2.17. The fourth-order valence-corrected chi connectivity index (χ4v) is 1.73. The quantitative estimate of drug-likeness (QED) is 0.692. The molecule has 0 atom stereocenters. The van der Waals surface area contributed by atoms with Gasteiger partial charge in [-0.15, -0.1) is 0 Å². The van der Waals surface area contributed by atoms with Gasteiger partial charge in [-0.1, -0.05) is 0 Å². The monoisotopic (exact) mass is 166 g/mol. The molecule has 2 rings (SSSR count). The van der Waals surface area contributed by atoms with E-state index in [1.54, 1.807) is 0 Å². The van der Waals surface area contributed by atoms with Gasteiger partial charge in [0.25, 0.3) is 0 Å². The van der Waals surface area contributed by atoms with Crippen LogP contribution >= 0.6 is 0 Å². The van der Waals surface area contributed by atoms with Crippen LogP contribution in [0.5, 0.6) is 0 Å². The summed E-state index contributed by atoms with van der Waals surface area (Å²) in [7, 11) is 0. The van der Waals surface area contributed by atoms with E-state index >= 15 is 0 Å². The van der Waals surface area contributed by atoms with Gasteiger partial charge in [-0.2, -0.15) is 0 Å². The van der Waals surface area contributed by atoms with Crippen LogP contribution < -0.4 is 5.73 Å². The molecule has 1 aromatic rings. The first-order valence-corrected chi connectivity index (χ1v) is 4.28. The van der Waals surface area contributed by atoms with Crippen LogP contribution in [0.2, 0.25) is 0 Å². The highest BCUT2D eigenvalue weighted by Gasteiger charge is 2.39. The number of nitrogens with one attached hydrogen (secondary N) is 1. The zero-order valence-corrected chi connectivity index (χ0v) is 7.05. The molecule has 1 fully saturated rings. The van der Waals surface area contributed by atoms with Gasteiger partial charge in [-0.3, -0.25) is 0 Å². The normalized spacial score (nSPS) is 20.4. The molecule has 12 heavy (non-hydrogen) atoms. The number of hydrogen-bond acceptors (Lipinski definition) is 2. The standard InChI is InChI=1S/C9H14N2O/c10-3-2-9(6-12-7-9)8-1-4-11-5-8/h1,4-5,11H,2-3,6-7,10H2. The fourth-order valence-electron chi connectivity index (χ4n) is 1.73. The zero-order valence-electron chi connectivity index (χ0n) is 7.05. The lowest BCUT2D eigenvalue weighted by atomic mass is 9.77. The molecule has 1 aromatic heterocycles. The number of aromatic amines is 1. The van der Waals surface area contributed by atoms with E-state index in [1.807, 2.05) is 12.4 Å². The predicted octanol–water partition coefficient (Wildman–Crippen LogP) is 0.631. The molecule has 3 heteroatoms. The van der Waals surface area contributed by atoms with Crippen molar-refractivity contribution >= 4 is 0 Å². The maximum absolute atomic E-state index is 5.56. The SMILES string of the molecule is NCCC1(c2cc[nH]c2)COC1. The van der Waals surface area contributed by atoms with E-state index < -0.39 is 0 Å². The summed E-state index contributed by atoms with van der Waals surface area (Å²) < 4.78 is 5.25. The highest BCUT2D eigenvalue weighted by Crippen LogP contribution is 2.34. The summed E-state index contributed by atoms with van der Waals surface area (Å²) >= 11 is 0. The Bertz CT molecular complexity index is 239. The molecule has 0 saturated carbocycles. The average Bonchev–Trinajstić information content (AvgIpc) is 2.48. The lowest BCUT2D eigenvalue weighted by Gasteiger charge is -2.41. The summed E-state index contributed by atoms with van der Waals surface area (Å²) in [5.74, 6) is 0. The van der Waals surface area contributed by atoms with Crippen molar-refractivity contribution in [3.63, 3.8) is 0 Å². The molecule has 0 aliphatic carbocycles. The number of nitrogens with two attached hydrogens (primary N) is 1. The number of hydrogen-bond donors (Lipinski definition) is 2. The Morgan fingerprint density at radius 3 is 2.83 bits per heavy atom. The van der Waals surface area contributed by atoms with Crippen molar-refractivity contribution in [2.75, 3.05) is 19.8 Å². The van der Waals surface area contributed by atoms with E-state index in [-0.39, 0.29) is 5.41 Å².